The molecule has 2 aromatic rings. The summed E-state index contributed by atoms with van der Waals surface area (Å²) in [7, 11) is 0. The van der Waals surface area contributed by atoms with Crippen molar-refractivity contribution in [3.8, 4) is 0 Å². The Morgan fingerprint density at radius 1 is 1.36 bits per heavy atom. The molecule has 2 amide bonds. The molecule has 6 nitrogen and oxygen atoms in total. The highest BCUT2D eigenvalue weighted by Gasteiger charge is 2.34. The number of halogens is 2. The van der Waals surface area contributed by atoms with E-state index >= 15 is 0 Å². The summed E-state index contributed by atoms with van der Waals surface area (Å²) in [5, 5.41) is 3.45. The van der Waals surface area contributed by atoms with Crippen LogP contribution in [0, 0.1) is 0 Å². The minimum absolute atomic E-state index is 0.140. The fourth-order valence-electron chi connectivity index (χ4n) is 2.28. The molecule has 0 spiro atoms. The summed E-state index contributed by atoms with van der Waals surface area (Å²) in [5.41, 5.74) is 0.790. The number of amides is 2. The lowest BCUT2D eigenvalue weighted by atomic mass is 10.2. The first kappa shape index (κ1) is 14.9. The summed E-state index contributed by atoms with van der Waals surface area (Å²) < 4.78 is 4.75. The largest absolute Gasteiger partial charge is 0.451 e. The summed E-state index contributed by atoms with van der Waals surface area (Å²) in [6, 6.07) is 4.38. The molecule has 1 fully saturated rings. The van der Waals surface area contributed by atoms with E-state index in [9.17, 15) is 9.59 Å². The van der Waals surface area contributed by atoms with Crippen LogP contribution < -0.4 is 10.2 Å². The number of carbonyl (C=O) groups is 2. The number of nitrogens with one attached hydrogen (secondary N) is 1. The number of hydrogen-bond acceptors (Lipinski definition) is 4. The number of benzene rings is 1. The molecule has 1 aromatic carbocycles. The van der Waals surface area contributed by atoms with Gasteiger partial charge in [-0.3, -0.25) is 9.59 Å². The van der Waals surface area contributed by atoms with E-state index in [1.165, 1.54) is 6.26 Å². The fraction of sp³-hybridized carbons (Fsp3) is 0.214. The fourth-order valence-corrected chi connectivity index (χ4v) is 2.57. The Morgan fingerprint density at radius 2 is 2.18 bits per heavy atom. The van der Waals surface area contributed by atoms with Gasteiger partial charge in [0.1, 0.15) is 12.3 Å². The number of nitrogens with zero attached hydrogens (tertiary/aromatic N) is 2. The van der Waals surface area contributed by atoms with Gasteiger partial charge >= 0.3 is 0 Å². The third-order valence-corrected chi connectivity index (χ3v) is 4.13. The molecule has 0 unspecified atom stereocenters. The van der Waals surface area contributed by atoms with E-state index in [1.54, 1.807) is 23.1 Å². The van der Waals surface area contributed by atoms with Crippen LogP contribution in [0.15, 0.2) is 35.3 Å². The second-order valence-corrected chi connectivity index (χ2v) is 5.59. The van der Waals surface area contributed by atoms with Gasteiger partial charge in [0, 0.05) is 12.2 Å². The Hall–Kier alpha value is -2.05. The topological polar surface area (TPSA) is 75.4 Å². The molecule has 0 bridgehead atoms. The van der Waals surface area contributed by atoms with Crippen molar-refractivity contribution >= 4 is 40.7 Å². The van der Waals surface area contributed by atoms with Crippen molar-refractivity contribution in [3.05, 3.63) is 46.6 Å². The van der Waals surface area contributed by atoms with E-state index in [4.69, 9.17) is 27.6 Å². The lowest BCUT2D eigenvalue weighted by Gasteiger charge is -2.17. The van der Waals surface area contributed by atoms with Crippen LogP contribution in [-0.2, 0) is 4.79 Å². The quantitative estimate of drug-likeness (QED) is 0.932. The van der Waals surface area contributed by atoms with Gasteiger partial charge in [-0.25, -0.2) is 4.98 Å². The normalized spacial score (nSPS) is 17.8. The van der Waals surface area contributed by atoms with Crippen LogP contribution in [0.3, 0.4) is 0 Å². The average Bonchev–Trinajstić information content (AvgIpc) is 3.13. The number of hydrogen-bond donors (Lipinski definition) is 1. The van der Waals surface area contributed by atoms with E-state index in [0.29, 0.717) is 28.7 Å². The van der Waals surface area contributed by atoms with Gasteiger partial charge in [-0.2, -0.15) is 0 Å². The van der Waals surface area contributed by atoms with Crippen molar-refractivity contribution in [2.24, 2.45) is 0 Å². The lowest BCUT2D eigenvalue weighted by Crippen LogP contribution is -2.41. The second-order valence-electron chi connectivity index (χ2n) is 4.78. The molecular weight excluding hydrogens is 329 g/mol. The molecule has 1 N–H and O–H groups in total. The number of rotatable bonds is 3. The Bertz CT molecular complexity index is 718. The van der Waals surface area contributed by atoms with E-state index in [2.05, 4.69) is 10.3 Å². The second kappa shape index (κ2) is 5.98. The molecular formula is C14H11Cl2N3O3. The molecule has 1 aliphatic heterocycles. The van der Waals surface area contributed by atoms with Gasteiger partial charge in [0.15, 0.2) is 12.1 Å². The first-order valence-electron chi connectivity index (χ1n) is 6.52. The predicted molar refractivity (Wildman–Crippen MR) is 81.2 cm³/mol. The van der Waals surface area contributed by atoms with Crippen LogP contribution in [0.25, 0.3) is 0 Å². The highest BCUT2D eigenvalue weighted by molar-refractivity contribution is 6.42. The van der Waals surface area contributed by atoms with Gasteiger partial charge in [0.25, 0.3) is 5.91 Å². The highest BCUT2D eigenvalue weighted by atomic mass is 35.5. The third-order valence-electron chi connectivity index (χ3n) is 3.39. The first-order valence-corrected chi connectivity index (χ1v) is 7.27. The standard InChI is InChI=1S/C14H11Cl2N3O3/c15-9-2-1-8(5-10(9)16)19-4-3-11(14(19)21)18-13(20)12-6-22-7-17-12/h1-2,5-7,11H,3-4H2,(H,18,20)/t11-/m1/s1. The molecule has 3 rings (SSSR count). The van der Waals surface area contributed by atoms with Crippen LogP contribution in [0.4, 0.5) is 5.69 Å². The van der Waals surface area contributed by atoms with Gasteiger partial charge in [0.2, 0.25) is 5.91 Å². The monoisotopic (exact) mass is 339 g/mol. The van der Waals surface area contributed by atoms with Crippen LogP contribution in [-0.4, -0.2) is 29.4 Å². The maximum Gasteiger partial charge on any atom is 0.273 e. The number of anilines is 1. The summed E-state index contributed by atoms with van der Waals surface area (Å²) in [4.78, 5) is 29.6. The van der Waals surface area contributed by atoms with E-state index in [1.807, 2.05) is 0 Å². The van der Waals surface area contributed by atoms with Crippen molar-refractivity contribution < 1.29 is 14.0 Å². The van der Waals surface area contributed by atoms with Gasteiger partial charge in [0.05, 0.1) is 10.0 Å². The minimum atomic E-state index is -0.598. The maximum absolute atomic E-state index is 12.4. The molecule has 1 aromatic heterocycles. The lowest BCUT2D eigenvalue weighted by molar-refractivity contribution is -0.118. The van der Waals surface area contributed by atoms with Gasteiger partial charge in [-0.15, -0.1) is 0 Å². The zero-order valence-electron chi connectivity index (χ0n) is 11.3. The summed E-state index contributed by atoms with van der Waals surface area (Å²) in [6.45, 7) is 0.487. The predicted octanol–water partition coefficient (Wildman–Crippen LogP) is 2.52. The SMILES string of the molecule is O=C(N[C@@H]1CCN(c2ccc(Cl)c(Cl)c2)C1=O)c1cocn1. The Labute approximate surface area is 136 Å². The first-order chi connectivity index (χ1) is 10.6. The third kappa shape index (κ3) is 2.80. The number of carbonyl (C=O) groups excluding carboxylic acids is 2. The Kier molecular flexibility index (Phi) is 4.04. The van der Waals surface area contributed by atoms with Crippen molar-refractivity contribution in [1.82, 2.24) is 10.3 Å². The molecule has 0 radical (unpaired) electrons. The van der Waals surface area contributed by atoms with Crippen molar-refractivity contribution in [2.75, 3.05) is 11.4 Å². The molecule has 8 heteroatoms. The van der Waals surface area contributed by atoms with Crippen LogP contribution >= 0.6 is 23.2 Å². The van der Waals surface area contributed by atoms with Gasteiger partial charge < -0.3 is 14.6 Å². The van der Waals surface area contributed by atoms with Crippen LogP contribution in [0.2, 0.25) is 10.0 Å². The van der Waals surface area contributed by atoms with E-state index < -0.39 is 11.9 Å². The summed E-state index contributed by atoms with van der Waals surface area (Å²) in [5.74, 6) is -0.640. The molecule has 114 valence electrons. The van der Waals surface area contributed by atoms with Crippen molar-refractivity contribution in [3.63, 3.8) is 0 Å². The Morgan fingerprint density at radius 3 is 2.86 bits per heavy atom. The Balaban J connectivity index is 1.72. The zero-order valence-corrected chi connectivity index (χ0v) is 12.8. The summed E-state index contributed by atoms with van der Waals surface area (Å²) in [6.07, 6.45) is 2.89. The maximum atomic E-state index is 12.4. The molecule has 1 saturated heterocycles. The molecule has 2 heterocycles. The average molecular weight is 340 g/mol. The van der Waals surface area contributed by atoms with E-state index in [0.717, 1.165) is 6.39 Å². The molecule has 1 atom stereocenters. The van der Waals surface area contributed by atoms with Crippen LogP contribution in [0.5, 0.6) is 0 Å². The number of oxazole rings is 1. The van der Waals surface area contributed by atoms with E-state index in [-0.39, 0.29) is 11.6 Å². The zero-order chi connectivity index (χ0) is 15.7. The number of aromatic nitrogens is 1. The minimum Gasteiger partial charge on any atom is -0.451 e. The molecule has 1 aliphatic rings. The van der Waals surface area contributed by atoms with Crippen molar-refractivity contribution in [2.45, 2.75) is 12.5 Å². The van der Waals surface area contributed by atoms with Crippen molar-refractivity contribution in [1.29, 1.82) is 0 Å². The smallest absolute Gasteiger partial charge is 0.273 e. The molecule has 22 heavy (non-hydrogen) atoms. The molecule has 0 aliphatic carbocycles. The highest BCUT2D eigenvalue weighted by Crippen LogP contribution is 2.29. The van der Waals surface area contributed by atoms with Gasteiger partial charge in [-0.1, -0.05) is 23.2 Å². The molecule has 0 saturated carbocycles. The van der Waals surface area contributed by atoms with Gasteiger partial charge in [-0.05, 0) is 24.6 Å². The van der Waals surface area contributed by atoms with Crippen LogP contribution in [0.1, 0.15) is 16.9 Å². The summed E-state index contributed by atoms with van der Waals surface area (Å²) >= 11 is 11.8.